The number of anilines is 2. The quantitative estimate of drug-likeness (QED) is 0.656. The fourth-order valence-corrected chi connectivity index (χ4v) is 4.63. The second-order valence-corrected chi connectivity index (χ2v) is 9.30. The van der Waals surface area contributed by atoms with Crippen LogP contribution in [0.4, 0.5) is 24.8 Å². The van der Waals surface area contributed by atoms with Gasteiger partial charge in [-0.2, -0.15) is 17.5 Å². The van der Waals surface area contributed by atoms with E-state index in [0.717, 1.165) is 12.3 Å². The molecule has 1 saturated heterocycles. The van der Waals surface area contributed by atoms with Crippen molar-refractivity contribution in [3.05, 3.63) is 42.2 Å². The molecule has 0 radical (unpaired) electrons. The van der Waals surface area contributed by atoms with Crippen LogP contribution in [-0.2, 0) is 15.6 Å². The molecular formula is C20H22F3N5O3S. The number of hydrogen-bond acceptors (Lipinski definition) is 7. The molecule has 3 N–H and O–H groups in total. The van der Waals surface area contributed by atoms with Gasteiger partial charge in [0.2, 0.25) is 10.0 Å². The lowest BCUT2D eigenvalue weighted by Gasteiger charge is -2.39. The summed E-state index contributed by atoms with van der Waals surface area (Å²) in [5, 5.41) is 9.82. The van der Waals surface area contributed by atoms with Crippen molar-refractivity contribution in [3.8, 4) is 11.8 Å². The highest BCUT2D eigenvalue weighted by molar-refractivity contribution is 7.89. The summed E-state index contributed by atoms with van der Waals surface area (Å²) in [5.41, 5.74) is 2.08. The zero-order valence-corrected chi connectivity index (χ0v) is 18.2. The molecule has 0 aliphatic carbocycles. The molecule has 32 heavy (non-hydrogen) atoms. The number of aliphatic hydroxyl groups is 1. The fourth-order valence-electron chi connectivity index (χ4n) is 3.24. The Kier molecular flexibility index (Phi) is 6.37. The van der Waals surface area contributed by atoms with Gasteiger partial charge in [0, 0.05) is 37.6 Å². The number of pyridine rings is 2. The molecule has 3 heterocycles. The van der Waals surface area contributed by atoms with Crippen molar-refractivity contribution in [1.82, 2.24) is 14.3 Å². The molecule has 2 aromatic heterocycles. The van der Waals surface area contributed by atoms with Crippen LogP contribution in [0.25, 0.3) is 0 Å². The molecule has 8 nitrogen and oxygen atoms in total. The molecule has 12 heteroatoms. The standard InChI is InChI=1S/C20H22F3N5O3S/c1-3-4-15-13-27(32(30,31)16-6-7-17(24)25-12-16)9-10-28(15)18-8-5-14(11-26-18)19(2,29)20(21,22)23/h5-8,11-12,15,29H,9-10,13H2,1-2H3,(H2,24,25)/t15-,19+/m1/s1. The van der Waals surface area contributed by atoms with Gasteiger partial charge in [-0.05, 0) is 32.0 Å². The van der Waals surface area contributed by atoms with Crippen LogP contribution < -0.4 is 10.6 Å². The summed E-state index contributed by atoms with van der Waals surface area (Å²) in [4.78, 5) is 9.62. The third-order valence-corrected chi connectivity index (χ3v) is 7.06. The number of hydrogen-bond donors (Lipinski definition) is 2. The number of aromatic nitrogens is 2. The Morgan fingerprint density at radius 1 is 1.16 bits per heavy atom. The van der Waals surface area contributed by atoms with E-state index in [1.54, 1.807) is 11.8 Å². The number of nitrogens with zero attached hydrogens (tertiary/aromatic N) is 4. The maximum absolute atomic E-state index is 13.1. The second kappa shape index (κ2) is 8.57. The third-order valence-electron chi connectivity index (χ3n) is 5.21. The highest BCUT2D eigenvalue weighted by atomic mass is 32.2. The fraction of sp³-hybridized carbons (Fsp3) is 0.400. The smallest absolute Gasteiger partial charge is 0.384 e. The predicted molar refractivity (Wildman–Crippen MR) is 112 cm³/mol. The molecule has 2 aromatic rings. The number of nitrogen functional groups attached to an aromatic ring is 1. The molecule has 0 amide bonds. The number of nitrogens with two attached hydrogens (primary N) is 1. The number of sulfonamides is 1. The maximum Gasteiger partial charge on any atom is 0.421 e. The van der Waals surface area contributed by atoms with Gasteiger partial charge in [0.05, 0.1) is 0 Å². The van der Waals surface area contributed by atoms with E-state index in [1.165, 1.54) is 28.7 Å². The van der Waals surface area contributed by atoms with Crippen molar-refractivity contribution in [2.24, 2.45) is 0 Å². The van der Waals surface area contributed by atoms with Crippen molar-refractivity contribution in [2.75, 3.05) is 30.3 Å². The van der Waals surface area contributed by atoms with Gasteiger partial charge in [-0.3, -0.25) is 0 Å². The molecule has 2 atom stereocenters. The average molecular weight is 469 g/mol. The molecule has 0 saturated carbocycles. The lowest BCUT2D eigenvalue weighted by Crippen LogP contribution is -2.54. The summed E-state index contributed by atoms with van der Waals surface area (Å²) >= 11 is 0. The number of rotatable bonds is 4. The lowest BCUT2D eigenvalue weighted by molar-refractivity contribution is -0.259. The summed E-state index contributed by atoms with van der Waals surface area (Å²) in [5.74, 6) is 6.20. The van der Waals surface area contributed by atoms with Crippen LogP contribution in [0.1, 0.15) is 19.4 Å². The Balaban J connectivity index is 1.84. The molecule has 0 unspecified atom stereocenters. The molecule has 3 rings (SSSR count). The van der Waals surface area contributed by atoms with Gasteiger partial charge in [0.1, 0.15) is 22.6 Å². The zero-order valence-electron chi connectivity index (χ0n) is 17.3. The van der Waals surface area contributed by atoms with Gasteiger partial charge in [0.15, 0.2) is 5.60 Å². The van der Waals surface area contributed by atoms with Crippen molar-refractivity contribution >= 4 is 21.7 Å². The van der Waals surface area contributed by atoms with Crippen LogP contribution in [0.3, 0.4) is 0 Å². The van der Waals surface area contributed by atoms with Crippen molar-refractivity contribution in [3.63, 3.8) is 0 Å². The second-order valence-electron chi connectivity index (χ2n) is 7.36. The lowest BCUT2D eigenvalue weighted by atomic mass is 9.97. The van der Waals surface area contributed by atoms with E-state index in [1.807, 2.05) is 0 Å². The normalized spacial score (nSPS) is 19.7. The highest BCUT2D eigenvalue weighted by Gasteiger charge is 2.51. The van der Waals surface area contributed by atoms with Crippen LogP contribution in [0.5, 0.6) is 0 Å². The highest BCUT2D eigenvalue weighted by Crippen LogP contribution is 2.38. The first-order valence-electron chi connectivity index (χ1n) is 9.54. The Morgan fingerprint density at radius 3 is 2.41 bits per heavy atom. The van der Waals surface area contributed by atoms with E-state index in [0.29, 0.717) is 12.7 Å². The predicted octanol–water partition coefficient (Wildman–Crippen LogP) is 1.73. The minimum absolute atomic E-state index is 0.000202. The monoisotopic (exact) mass is 469 g/mol. The van der Waals surface area contributed by atoms with Gasteiger partial charge in [-0.25, -0.2) is 18.4 Å². The molecular weight excluding hydrogens is 447 g/mol. The molecule has 1 aliphatic rings. The van der Waals surface area contributed by atoms with E-state index in [9.17, 15) is 26.7 Å². The van der Waals surface area contributed by atoms with Gasteiger partial charge < -0.3 is 15.7 Å². The van der Waals surface area contributed by atoms with Crippen LogP contribution in [0.15, 0.2) is 41.6 Å². The van der Waals surface area contributed by atoms with Crippen LogP contribution >= 0.6 is 0 Å². The number of piperazine rings is 1. The van der Waals surface area contributed by atoms with E-state index in [-0.39, 0.29) is 30.3 Å². The Labute approximate surface area is 183 Å². The molecule has 0 aromatic carbocycles. The number of halogens is 3. The minimum atomic E-state index is -4.86. The summed E-state index contributed by atoms with van der Waals surface area (Å²) < 4.78 is 66.4. The first-order valence-corrected chi connectivity index (χ1v) is 11.0. The van der Waals surface area contributed by atoms with E-state index in [2.05, 4.69) is 21.8 Å². The molecule has 1 fully saturated rings. The van der Waals surface area contributed by atoms with E-state index < -0.39 is 33.4 Å². The van der Waals surface area contributed by atoms with Gasteiger partial charge in [-0.15, -0.1) is 5.92 Å². The Bertz CT molecular complexity index is 1120. The van der Waals surface area contributed by atoms with Crippen LogP contribution in [0.2, 0.25) is 0 Å². The Morgan fingerprint density at radius 2 is 1.88 bits per heavy atom. The van der Waals surface area contributed by atoms with Gasteiger partial charge in [-0.1, -0.05) is 12.0 Å². The summed E-state index contributed by atoms with van der Waals surface area (Å²) in [6.07, 6.45) is -2.71. The van der Waals surface area contributed by atoms with Crippen LogP contribution in [-0.4, -0.2) is 59.6 Å². The first-order chi connectivity index (χ1) is 14.9. The van der Waals surface area contributed by atoms with Crippen molar-refractivity contribution in [2.45, 2.75) is 36.6 Å². The van der Waals surface area contributed by atoms with E-state index >= 15 is 0 Å². The van der Waals surface area contributed by atoms with E-state index in [4.69, 9.17) is 5.73 Å². The maximum atomic E-state index is 13.1. The molecule has 172 valence electrons. The van der Waals surface area contributed by atoms with Crippen LogP contribution in [0, 0.1) is 11.8 Å². The zero-order chi connectivity index (χ0) is 23.7. The molecule has 0 spiro atoms. The van der Waals surface area contributed by atoms with Crippen molar-refractivity contribution in [1.29, 1.82) is 0 Å². The molecule has 1 aliphatic heterocycles. The average Bonchev–Trinajstić information content (AvgIpc) is 2.73. The van der Waals surface area contributed by atoms with Crippen molar-refractivity contribution < 1.29 is 26.7 Å². The topological polar surface area (TPSA) is 113 Å². The van der Waals surface area contributed by atoms with Gasteiger partial charge >= 0.3 is 6.18 Å². The summed E-state index contributed by atoms with van der Waals surface area (Å²) in [6, 6.07) is 4.70. The Hall–Kier alpha value is -2.88. The summed E-state index contributed by atoms with van der Waals surface area (Å²) in [7, 11) is -3.84. The molecule has 0 bridgehead atoms. The minimum Gasteiger partial charge on any atom is -0.384 e. The largest absolute Gasteiger partial charge is 0.421 e. The summed E-state index contributed by atoms with van der Waals surface area (Å²) in [6.45, 7) is 2.61. The van der Waals surface area contributed by atoms with Gasteiger partial charge in [0.25, 0.3) is 0 Å². The number of alkyl halides is 3. The first kappa shape index (κ1) is 23.8. The SMILES string of the molecule is CC#C[C@@H]1CN(S(=O)(=O)c2ccc(N)nc2)CCN1c1ccc([C@](C)(O)C(F)(F)F)cn1. The third kappa shape index (κ3) is 4.50.